The first kappa shape index (κ1) is 18.2. The predicted octanol–water partition coefficient (Wildman–Crippen LogP) is 2.71. The highest BCUT2D eigenvalue weighted by molar-refractivity contribution is 7.80. The Morgan fingerprint density at radius 2 is 1.96 bits per heavy atom. The van der Waals surface area contributed by atoms with E-state index in [1.165, 1.54) is 0 Å². The molecule has 0 bridgehead atoms. The molecule has 1 aliphatic rings. The summed E-state index contributed by atoms with van der Waals surface area (Å²) in [4.78, 5) is 3.19. The van der Waals surface area contributed by atoms with E-state index in [0.29, 0.717) is 5.92 Å². The van der Waals surface area contributed by atoms with E-state index in [1.807, 2.05) is 24.3 Å². The molecule has 0 amide bonds. The highest BCUT2D eigenvalue weighted by Gasteiger charge is 2.09. The molecule has 1 heterocycles. The molecule has 1 saturated heterocycles. The Hall–Kier alpha value is -1.17. The topological polar surface area (TPSA) is 33.7 Å². The van der Waals surface area contributed by atoms with E-state index in [1.54, 1.807) is 0 Å². The number of morpholine rings is 1. The molecule has 4 nitrogen and oxygen atoms in total. The van der Waals surface area contributed by atoms with Crippen LogP contribution >= 0.6 is 12.2 Å². The lowest BCUT2D eigenvalue weighted by Gasteiger charge is -2.26. The molecule has 0 aliphatic carbocycles. The fourth-order valence-corrected chi connectivity index (χ4v) is 2.61. The molecule has 0 unspecified atom stereocenters. The average Bonchev–Trinajstić information content (AvgIpc) is 2.56. The number of hydrogen-bond acceptors (Lipinski definition) is 4. The van der Waals surface area contributed by atoms with Crippen LogP contribution in [0.4, 0.5) is 0 Å². The SMILES string of the molecule is CC(C)CCOc1ccc(C(=S)NCCN2CCOCC2)cc1. The molecule has 1 aliphatic heterocycles. The van der Waals surface area contributed by atoms with Crippen LogP contribution in [0, 0.1) is 5.92 Å². The van der Waals surface area contributed by atoms with E-state index < -0.39 is 0 Å². The maximum absolute atomic E-state index is 5.73. The summed E-state index contributed by atoms with van der Waals surface area (Å²) in [6.45, 7) is 10.7. The van der Waals surface area contributed by atoms with Crippen LogP contribution in [0.2, 0.25) is 0 Å². The summed E-state index contributed by atoms with van der Waals surface area (Å²) in [6.07, 6.45) is 1.07. The van der Waals surface area contributed by atoms with Gasteiger partial charge in [0.05, 0.1) is 19.8 Å². The van der Waals surface area contributed by atoms with Gasteiger partial charge in [-0.25, -0.2) is 0 Å². The van der Waals surface area contributed by atoms with Crippen LogP contribution in [0.3, 0.4) is 0 Å². The zero-order valence-electron chi connectivity index (χ0n) is 14.2. The molecule has 0 saturated carbocycles. The number of nitrogens with zero attached hydrogens (tertiary/aromatic N) is 1. The number of hydrogen-bond donors (Lipinski definition) is 1. The maximum Gasteiger partial charge on any atom is 0.119 e. The molecule has 0 atom stereocenters. The van der Waals surface area contributed by atoms with Gasteiger partial charge in [-0.2, -0.15) is 0 Å². The van der Waals surface area contributed by atoms with Gasteiger partial charge in [0, 0.05) is 31.7 Å². The average molecular weight is 337 g/mol. The van der Waals surface area contributed by atoms with E-state index in [0.717, 1.165) is 68.7 Å². The number of thiocarbonyl (C=S) groups is 1. The lowest BCUT2D eigenvalue weighted by Crippen LogP contribution is -2.41. The van der Waals surface area contributed by atoms with Gasteiger partial charge in [0.2, 0.25) is 0 Å². The lowest BCUT2D eigenvalue weighted by atomic mass is 10.1. The number of rotatable bonds is 8. The normalized spacial score (nSPS) is 15.6. The molecule has 0 radical (unpaired) electrons. The number of nitrogens with one attached hydrogen (secondary N) is 1. The summed E-state index contributed by atoms with van der Waals surface area (Å²) in [5.74, 6) is 1.57. The van der Waals surface area contributed by atoms with Crippen LogP contribution in [-0.2, 0) is 4.74 Å². The number of ether oxygens (including phenoxy) is 2. The highest BCUT2D eigenvalue weighted by Crippen LogP contribution is 2.13. The first-order valence-electron chi connectivity index (χ1n) is 8.46. The van der Waals surface area contributed by atoms with Gasteiger partial charge in [-0.05, 0) is 36.6 Å². The van der Waals surface area contributed by atoms with E-state index in [-0.39, 0.29) is 0 Å². The van der Waals surface area contributed by atoms with Crippen molar-refractivity contribution in [1.82, 2.24) is 10.2 Å². The minimum absolute atomic E-state index is 0.664. The third-order valence-corrected chi connectivity index (χ3v) is 4.28. The second kappa shape index (κ2) is 9.85. The van der Waals surface area contributed by atoms with Crippen molar-refractivity contribution in [2.24, 2.45) is 5.92 Å². The van der Waals surface area contributed by atoms with Crippen LogP contribution in [0.25, 0.3) is 0 Å². The molecular weight excluding hydrogens is 308 g/mol. The second-order valence-electron chi connectivity index (χ2n) is 6.27. The van der Waals surface area contributed by atoms with Crippen LogP contribution in [0.15, 0.2) is 24.3 Å². The molecule has 5 heteroatoms. The molecular formula is C18H28N2O2S. The van der Waals surface area contributed by atoms with Crippen molar-refractivity contribution in [1.29, 1.82) is 0 Å². The molecule has 0 spiro atoms. The zero-order valence-corrected chi connectivity index (χ0v) is 15.0. The van der Waals surface area contributed by atoms with Crippen molar-refractivity contribution in [3.05, 3.63) is 29.8 Å². The van der Waals surface area contributed by atoms with Gasteiger partial charge in [0.1, 0.15) is 10.7 Å². The molecule has 1 fully saturated rings. The first-order valence-corrected chi connectivity index (χ1v) is 8.87. The van der Waals surface area contributed by atoms with Crippen molar-refractivity contribution >= 4 is 17.2 Å². The van der Waals surface area contributed by atoms with Crippen LogP contribution in [-0.4, -0.2) is 55.9 Å². The number of benzene rings is 1. The van der Waals surface area contributed by atoms with Gasteiger partial charge < -0.3 is 14.8 Å². The Morgan fingerprint density at radius 1 is 1.26 bits per heavy atom. The minimum atomic E-state index is 0.664. The Labute approximate surface area is 145 Å². The predicted molar refractivity (Wildman–Crippen MR) is 98.4 cm³/mol. The van der Waals surface area contributed by atoms with E-state index >= 15 is 0 Å². The Morgan fingerprint density at radius 3 is 2.61 bits per heavy atom. The molecule has 23 heavy (non-hydrogen) atoms. The third-order valence-electron chi connectivity index (χ3n) is 3.90. The standard InChI is InChI=1S/C18H28N2O2S/c1-15(2)7-12-22-17-5-3-16(4-6-17)18(23)19-8-9-20-10-13-21-14-11-20/h3-6,15H,7-14H2,1-2H3,(H,19,23). The van der Waals surface area contributed by atoms with Gasteiger partial charge in [0.15, 0.2) is 0 Å². The Bertz CT molecular complexity index is 470. The molecule has 2 rings (SSSR count). The highest BCUT2D eigenvalue weighted by atomic mass is 32.1. The van der Waals surface area contributed by atoms with Crippen molar-refractivity contribution in [3.8, 4) is 5.75 Å². The summed E-state index contributed by atoms with van der Waals surface area (Å²) < 4.78 is 11.1. The van der Waals surface area contributed by atoms with Crippen LogP contribution in [0.1, 0.15) is 25.8 Å². The zero-order chi connectivity index (χ0) is 16.5. The van der Waals surface area contributed by atoms with E-state index in [2.05, 4.69) is 24.1 Å². The Balaban J connectivity index is 1.69. The van der Waals surface area contributed by atoms with Crippen molar-refractivity contribution in [2.45, 2.75) is 20.3 Å². The Kier molecular flexibility index (Phi) is 7.79. The van der Waals surface area contributed by atoms with Gasteiger partial charge in [0.25, 0.3) is 0 Å². The monoisotopic (exact) mass is 336 g/mol. The minimum Gasteiger partial charge on any atom is -0.494 e. The molecule has 1 aromatic carbocycles. The van der Waals surface area contributed by atoms with Gasteiger partial charge in [-0.15, -0.1) is 0 Å². The second-order valence-corrected chi connectivity index (χ2v) is 6.67. The molecule has 1 aromatic rings. The lowest BCUT2D eigenvalue weighted by molar-refractivity contribution is 0.0389. The van der Waals surface area contributed by atoms with Gasteiger partial charge in [-0.1, -0.05) is 26.1 Å². The van der Waals surface area contributed by atoms with Crippen LogP contribution in [0.5, 0.6) is 5.75 Å². The first-order chi connectivity index (χ1) is 11.1. The molecule has 1 N–H and O–H groups in total. The third kappa shape index (κ3) is 6.85. The summed E-state index contributed by atoms with van der Waals surface area (Å²) in [5.41, 5.74) is 1.04. The van der Waals surface area contributed by atoms with E-state index in [4.69, 9.17) is 21.7 Å². The van der Waals surface area contributed by atoms with Crippen molar-refractivity contribution in [2.75, 3.05) is 46.0 Å². The molecule has 128 valence electrons. The van der Waals surface area contributed by atoms with Crippen molar-refractivity contribution < 1.29 is 9.47 Å². The fraction of sp³-hybridized carbons (Fsp3) is 0.611. The smallest absolute Gasteiger partial charge is 0.119 e. The van der Waals surface area contributed by atoms with Crippen molar-refractivity contribution in [3.63, 3.8) is 0 Å². The largest absolute Gasteiger partial charge is 0.494 e. The summed E-state index contributed by atoms with van der Waals surface area (Å²) >= 11 is 5.46. The van der Waals surface area contributed by atoms with Crippen LogP contribution < -0.4 is 10.1 Å². The molecule has 0 aromatic heterocycles. The fourth-order valence-electron chi connectivity index (χ4n) is 2.37. The van der Waals surface area contributed by atoms with E-state index in [9.17, 15) is 0 Å². The maximum atomic E-state index is 5.73. The summed E-state index contributed by atoms with van der Waals surface area (Å²) in [6, 6.07) is 8.03. The van der Waals surface area contributed by atoms with Gasteiger partial charge >= 0.3 is 0 Å². The summed E-state index contributed by atoms with van der Waals surface area (Å²) in [5, 5.41) is 3.33. The quantitative estimate of drug-likeness (QED) is 0.738. The summed E-state index contributed by atoms with van der Waals surface area (Å²) in [7, 11) is 0. The van der Waals surface area contributed by atoms with Gasteiger partial charge in [-0.3, -0.25) is 4.90 Å².